The Kier molecular flexibility index (Phi) is 7.65. The van der Waals surface area contributed by atoms with Crippen LogP contribution < -0.4 is 5.73 Å². The molecule has 4 N–H and O–H groups in total. The third-order valence-corrected chi connectivity index (χ3v) is 5.30. The molecule has 0 saturated carbocycles. The number of aryl methyl sites for hydroxylation is 2. The summed E-state index contributed by atoms with van der Waals surface area (Å²) in [6, 6.07) is 11.9. The topological polar surface area (TPSA) is 95.5 Å². The van der Waals surface area contributed by atoms with Crippen LogP contribution in [0.5, 0.6) is 0 Å². The Balaban J connectivity index is 1.92. The largest absolute Gasteiger partial charge is 0.392 e. The maximum absolute atomic E-state index is 9.87. The zero-order chi connectivity index (χ0) is 21.5. The van der Waals surface area contributed by atoms with E-state index in [9.17, 15) is 10.2 Å². The molecule has 0 saturated heterocycles. The molecule has 0 aliphatic heterocycles. The van der Waals surface area contributed by atoms with Crippen molar-refractivity contribution in [3.63, 3.8) is 0 Å². The molecule has 0 fully saturated rings. The van der Waals surface area contributed by atoms with Crippen LogP contribution in [0.25, 0.3) is 0 Å². The summed E-state index contributed by atoms with van der Waals surface area (Å²) in [7, 11) is 0. The average Bonchev–Trinajstić information content (AvgIpc) is 2.76. The van der Waals surface area contributed by atoms with Crippen molar-refractivity contribution in [2.75, 3.05) is 0 Å². The van der Waals surface area contributed by atoms with E-state index in [0.29, 0.717) is 26.2 Å². The number of pyridine rings is 2. The number of nitrogens with two attached hydrogens (primary N) is 1. The molecule has 0 aliphatic carbocycles. The quantitative estimate of drug-likeness (QED) is 0.506. The maximum Gasteiger partial charge on any atom is 0.0700 e. The van der Waals surface area contributed by atoms with Crippen LogP contribution in [0.3, 0.4) is 0 Å². The fourth-order valence-corrected chi connectivity index (χ4v) is 3.61. The van der Waals surface area contributed by atoms with Crippen LogP contribution in [-0.2, 0) is 39.4 Å². The predicted molar refractivity (Wildman–Crippen MR) is 117 cm³/mol. The molecular weight excluding hydrogens is 376 g/mol. The highest BCUT2D eigenvalue weighted by Gasteiger charge is 2.15. The van der Waals surface area contributed by atoms with E-state index in [1.165, 1.54) is 0 Å². The number of aromatic nitrogens is 2. The Morgan fingerprint density at radius 3 is 2.33 bits per heavy atom. The van der Waals surface area contributed by atoms with Crippen molar-refractivity contribution in [2.24, 2.45) is 5.73 Å². The van der Waals surface area contributed by atoms with Gasteiger partial charge < -0.3 is 15.9 Å². The Morgan fingerprint density at radius 1 is 0.867 bits per heavy atom. The molecule has 0 atom stereocenters. The first-order valence-electron chi connectivity index (χ1n) is 10.1. The summed E-state index contributed by atoms with van der Waals surface area (Å²) >= 11 is 0. The van der Waals surface area contributed by atoms with Crippen LogP contribution in [0.2, 0.25) is 0 Å². The van der Waals surface area contributed by atoms with E-state index in [0.717, 1.165) is 44.8 Å². The van der Waals surface area contributed by atoms with Crippen molar-refractivity contribution in [1.29, 1.82) is 0 Å². The van der Waals surface area contributed by atoms with Gasteiger partial charge in [0.2, 0.25) is 0 Å². The van der Waals surface area contributed by atoms with Gasteiger partial charge in [0.25, 0.3) is 0 Å². The molecule has 3 rings (SSSR count). The van der Waals surface area contributed by atoms with Gasteiger partial charge in [-0.1, -0.05) is 30.3 Å². The normalized spacial score (nSPS) is 11.3. The van der Waals surface area contributed by atoms with Crippen LogP contribution in [0.1, 0.15) is 44.8 Å². The summed E-state index contributed by atoms with van der Waals surface area (Å²) < 4.78 is 0. The van der Waals surface area contributed by atoms with Crippen molar-refractivity contribution in [2.45, 2.75) is 53.2 Å². The second-order valence-corrected chi connectivity index (χ2v) is 7.65. The van der Waals surface area contributed by atoms with Gasteiger partial charge in [0, 0.05) is 44.1 Å². The van der Waals surface area contributed by atoms with Crippen molar-refractivity contribution in [1.82, 2.24) is 14.9 Å². The first-order chi connectivity index (χ1) is 14.5. The Bertz CT molecular complexity index is 991. The Labute approximate surface area is 178 Å². The fraction of sp³-hybridized carbons (Fsp3) is 0.333. The number of aliphatic hydroxyl groups excluding tert-OH is 2. The smallest absolute Gasteiger partial charge is 0.0700 e. The molecule has 0 radical (unpaired) electrons. The van der Waals surface area contributed by atoms with Gasteiger partial charge in [-0.15, -0.1) is 0 Å². The summed E-state index contributed by atoms with van der Waals surface area (Å²) in [4.78, 5) is 11.4. The third-order valence-electron chi connectivity index (χ3n) is 5.30. The number of rotatable bonds is 9. The van der Waals surface area contributed by atoms with Crippen molar-refractivity contribution in [3.05, 3.63) is 93.6 Å². The standard InChI is InChI=1S/C24H30N4O2/c1-17-8-18(2)23(27-11-17)13-28(14-24-21(15-29)4-3-7-26-24)12-20-6-5-19(10-25)9-22(20)16-30/h3-9,11,29-30H,10,12-16,25H2,1-2H3. The van der Waals surface area contributed by atoms with E-state index in [1.54, 1.807) is 6.20 Å². The molecular formula is C24H30N4O2. The van der Waals surface area contributed by atoms with Crippen molar-refractivity contribution >= 4 is 0 Å². The summed E-state index contributed by atoms with van der Waals surface area (Å²) in [6.45, 7) is 6.29. The van der Waals surface area contributed by atoms with Gasteiger partial charge in [-0.2, -0.15) is 0 Å². The molecule has 2 heterocycles. The molecule has 2 aromatic heterocycles. The van der Waals surface area contributed by atoms with E-state index >= 15 is 0 Å². The lowest BCUT2D eigenvalue weighted by Gasteiger charge is -2.25. The minimum Gasteiger partial charge on any atom is -0.392 e. The molecule has 3 aromatic rings. The van der Waals surface area contributed by atoms with E-state index < -0.39 is 0 Å². The van der Waals surface area contributed by atoms with Gasteiger partial charge in [-0.3, -0.25) is 14.9 Å². The molecule has 30 heavy (non-hydrogen) atoms. The lowest BCUT2D eigenvalue weighted by molar-refractivity contribution is 0.229. The SMILES string of the molecule is Cc1cnc(CN(Cc2ccc(CN)cc2CO)Cc2ncccc2CO)c(C)c1. The van der Waals surface area contributed by atoms with E-state index in [4.69, 9.17) is 5.73 Å². The molecule has 6 nitrogen and oxygen atoms in total. The highest BCUT2D eigenvalue weighted by molar-refractivity contribution is 5.32. The van der Waals surface area contributed by atoms with Crippen molar-refractivity contribution in [3.8, 4) is 0 Å². The van der Waals surface area contributed by atoms with Crippen LogP contribution >= 0.6 is 0 Å². The number of hydrogen-bond acceptors (Lipinski definition) is 6. The predicted octanol–water partition coefficient (Wildman–Crippen LogP) is 2.74. The number of nitrogens with zero attached hydrogens (tertiary/aromatic N) is 3. The van der Waals surface area contributed by atoms with Crippen LogP contribution in [0.15, 0.2) is 48.8 Å². The Hall–Kier alpha value is -2.64. The molecule has 0 aliphatic rings. The third kappa shape index (κ3) is 5.49. The average molecular weight is 407 g/mol. The molecule has 0 spiro atoms. The minimum absolute atomic E-state index is 0.0374. The maximum atomic E-state index is 9.87. The van der Waals surface area contributed by atoms with E-state index in [-0.39, 0.29) is 13.2 Å². The lowest BCUT2D eigenvalue weighted by Crippen LogP contribution is -2.25. The highest BCUT2D eigenvalue weighted by Crippen LogP contribution is 2.20. The van der Waals surface area contributed by atoms with Gasteiger partial charge in [-0.05, 0) is 47.7 Å². The molecule has 6 heteroatoms. The zero-order valence-corrected chi connectivity index (χ0v) is 17.7. The Morgan fingerprint density at radius 2 is 1.63 bits per heavy atom. The van der Waals surface area contributed by atoms with Crippen LogP contribution in [0.4, 0.5) is 0 Å². The van der Waals surface area contributed by atoms with E-state index in [2.05, 4.69) is 27.9 Å². The molecule has 0 unspecified atom stereocenters. The van der Waals surface area contributed by atoms with Gasteiger partial charge >= 0.3 is 0 Å². The van der Waals surface area contributed by atoms with Gasteiger partial charge in [0.05, 0.1) is 24.6 Å². The molecule has 158 valence electrons. The van der Waals surface area contributed by atoms with Gasteiger partial charge in [0.1, 0.15) is 0 Å². The van der Waals surface area contributed by atoms with Crippen LogP contribution in [0, 0.1) is 13.8 Å². The lowest BCUT2D eigenvalue weighted by atomic mass is 10.0. The number of benzene rings is 1. The highest BCUT2D eigenvalue weighted by atomic mass is 16.3. The first kappa shape index (κ1) is 22.1. The summed E-state index contributed by atoms with van der Waals surface area (Å²) in [6.07, 6.45) is 3.63. The van der Waals surface area contributed by atoms with Crippen molar-refractivity contribution < 1.29 is 10.2 Å². The second-order valence-electron chi connectivity index (χ2n) is 7.65. The van der Waals surface area contributed by atoms with Gasteiger partial charge in [0.15, 0.2) is 0 Å². The van der Waals surface area contributed by atoms with Crippen LogP contribution in [-0.4, -0.2) is 25.1 Å². The second kappa shape index (κ2) is 10.4. The summed E-state index contributed by atoms with van der Waals surface area (Å²) in [5.74, 6) is 0. The zero-order valence-electron chi connectivity index (χ0n) is 17.7. The van der Waals surface area contributed by atoms with Gasteiger partial charge in [-0.25, -0.2) is 0 Å². The first-order valence-corrected chi connectivity index (χ1v) is 10.1. The fourth-order valence-electron chi connectivity index (χ4n) is 3.61. The summed E-state index contributed by atoms with van der Waals surface area (Å²) in [5.41, 5.74) is 13.6. The number of aliphatic hydroxyl groups is 2. The monoisotopic (exact) mass is 406 g/mol. The molecule has 1 aromatic carbocycles. The van der Waals surface area contributed by atoms with E-state index in [1.807, 2.05) is 43.5 Å². The molecule has 0 amide bonds. The summed E-state index contributed by atoms with van der Waals surface area (Å²) in [5, 5.41) is 19.6. The number of hydrogen-bond donors (Lipinski definition) is 3. The minimum atomic E-state index is -0.0497. The molecule has 0 bridgehead atoms.